The average Bonchev–Trinajstić information content (AvgIpc) is 2.70. The van der Waals surface area contributed by atoms with Crippen LogP contribution in [0.15, 0.2) is 100 Å². The Balaban J connectivity index is 1.75. The number of nitrogens with one attached hydrogen (secondary N) is 1. The van der Waals surface area contributed by atoms with Crippen LogP contribution in [-0.2, 0) is 6.18 Å². The molecule has 1 N–H and O–H groups in total. The summed E-state index contributed by atoms with van der Waals surface area (Å²) in [6.07, 6.45) is -2.83. The summed E-state index contributed by atoms with van der Waals surface area (Å²) in [4.78, 5) is 13.8. The number of alkyl halides is 3. The smallest absolute Gasteiger partial charge is 0.358 e. The van der Waals surface area contributed by atoms with Crippen LogP contribution in [0, 0.1) is 0 Å². The molecule has 3 aromatic rings. The number of carbonyl (C=O) groups is 1. The third-order valence-electron chi connectivity index (χ3n) is 4.03. The van der Waals surface area contributed by atoms with E-state index in [-0.39, 0.29) is 5.78 Å². The van der Waals surface area contributed by atoms with E-state index in [2.05, 4.69) is 5.32 Å². The zero-order valence-electron chi connectivity index (χ0n) is 15.5. The van der Waals surface area contributed by atoms with Crippen LogP contribution in [0.1, 0.15) is 22.8 Å². The lowest BCUT2D eigenvalue weighted by Gasteiger charge is -2.13. The summed E-state index contributed by atoms with van der Waals surface area (Å²) in [5.41, 5.74) is 1.36. The highest BCUT2D eigenvalue weighted by Gasteiger charge is 2.29. The van der Waals surface area contributed by atoms with Gasteiger partial charge in [0, 0.05) is 27.1 Å². The number of anilines is 1. The summed E-state index contributed by atoms with van der Waals surface area (Å²) in [5.74, 6) is -0.108. The van der Waals surface area contributed by atoms with Crippen molar-refractivity contribution < 1.29 is 18.0 Å². The largest absolute Gasteiger partial charge is 0.416 e. The molecular formula is C23H18F3NOS. The van der Waals surface area contributed by atoms with Gasteiger partial charge in [-0.3, -0.25) is 4.79 Å². The van der Waals surface area contributed by atoms with Crippen molar-refractivity contribution >= 4 is 23.2 Å². The first-order valence-electron chi connectivity index (χ1n) is 8.82. The Labute approximate surface area is 171 Å². The third-order valence-corrected chi connectivity index (χ3v) is 5.12. The van der Waals surface area contributed by atoms with Gasteiger partial charge in [-0.25, -0.2) is 0 Å². The van der Waals surface area contributed by atoms with Gasteiger partial charge in [-0.2, -0.15) is 13.2 Å². The molecule has 0 aromatic heterocycles. The molecule has 0 heterocycles. The minimum absolute atomic E-state index is 0.108. The van der Waals surface area contributed by atoms with Crippen molar-refractivity contribution in [3.8, 4) is 0 Å². The Hall–Kier alpha value is -2.99. The lowest BCUT2D eigenvalue weighted by Crippen LogP contribution is -2.04. The summed E-state index contributed by atoms with van der Waals surface area (Å²) in [6.45, 7) is 1.79. The summed E-state index contributed by atoms with van der Waals surface area (Å²) in [5, 5.41) is 3.21. The van der Waals surface area contributed by atoms with E-state index in [0.29, 0.717) is 16.2 Å². The normalized spacial score (nSPS) is 11.9. The fourth-order valence-corrected chi connectivity index (χ4v) is 3.53. The van der Waals surface area contributed by atoms with Gasteiger partial charge in [0.15, 0.2) is 5.78 Å². The number of halogens is 3. The maximum Gasteiger partial charge on any atom is 0.416 e. The molecule has 0 bridgehead atoms. The van der Waals surface area contributed by atoms with Gasteiger partial charge in [0.1, 0.15) is 0 Å². The highest BCUT2D eigenvalue weighted by atomic mass is 32.2. The van der Waals surface area contributed by atoms with Crippen LogP contribution in [-0.4, -0.2) is 5.78 Å². The molecule has 0 fully saturated rings. The Kier molecular flexibility index (Phi) is 6.44. The van der Waals surface area contributed by atoms with Gasteiger partial charge in [-0.05, 0) is 43.3 Å². The number of benzene rings is 3. The standard InChI is InChI=1S/C23H18F3NOS/c1-16(15-21(28)17-7-3-2-4-8-17)27-20-9-5-6-10-22(20)29-19-13-11-18(12-14-19)23(24,25)26/h2-15,27H,1H3/b16-15-. The van der Waals surface area contributed by atoms with E-state index in [1.54, 1.807) is 31.2 Å². The molecule has 148 valence electrons. The topological polar surface area (TPSA) is 29.1 Å². The number of allylic oxidation sites excluding steroid dienone is 2. The molecule has 0 saturated heterocycles. The first-order chi connectivity index (χ1) is 13.8. The Morgan fingerprint density at radius 1 is 0.897 bits per heavy atom. The first-order valence-corrected chi connectivity index (χ1v) is 9.63. The Bertz CT molecular complexity index is 1010. The molecule has 0 aliphatic rings. The number of carbonyl (C=O) groups excluding carboxylic acids is 1. The lowest BCUT2D eigenvalue weighted by atomic mass is 10.1. The van der Waals surface area contributed by atoms with Crippen molar-refractivity contribution in [1.82, 2.24) is 0 Å². The van der Waals surface area contributed by atoms with E-state index in [4.69, 9.17) is 0 Å². The zero-order chi connectivity index (χ0) is 20.9. The molecule has 0 aliphatic carbocycles. The summed E-state index contributed by atoms with van der Waals surface area (Å²) in [6, 6.07) is 21.4. The summed E-state index contributed by atoms with van der Waals surface area (Å²) < 4.78 is 38.2. The Morgan fingerprint density at radius 3 is 2.17 bits per heavy atom. The van der Waals surface area contributed by atoms with Gasteiger partial charge in [-0.1, -0.05) is 54.2 Å². The highest BCUT2D eigenvalue weighted by molar-refractivity contribution is 7.99. The molecule has 29 heavy (non-hydrogen) atoms. The molecular weight excluding hydrogens is 395 g/mol. The van der Waals surface area contributed by atoms with Crippen molar-refractivity contribution in [2.24, 2.45) is 0 Å². The van der Waals surface area contributed by atoms with E-state index >= 15 is 0 Å². The summed E-state index contributed by atoms with van der Waals surface area (Å²) >= 11 is 1.35. The molecule has 0 atom stereocenters. The highest BCUT2D eigenvalue weighted by Crippen LogP contribution is 2.36. The van der Waals surface area contributed by atoms with Gasteiger partial charge in [0.05, 0.1) is 11.3 Å². The molecule has 6 heteroatoms. The van der Waals surface area contributed by atoms with Crippen LogP contribution in [0.5, 0.6) is 0 Å². The average molecular weight is 413 g/mol. The van der Waals surface area contributed by atoms with Gasteiger partial charge >= 0.3 is 6.18 Å². The predicted molar refractivity (Wildman–Crippen MR) is 110 cm³/mol. The van der Waals surface area contributed by atoms with Crippen molar-refractivity contribution in [1.29, 1.82) is 0 Å². The van der Waals surface area contributed by atoms with Gasteiger partial charge in [0.2, 0.25) is 0 Å². The molecule has 0 amide bonds. The molecule has 0 aliphatic heterocycles. The van der Waals surface area contributed by atoms with E-state index in [9.17, 15) is 18.0 Å². The summed E-state index contributed by atoms with van der Waals surface area (Å²) in [7, 11) is 0. The van der Waals surface area contributed by atoms with E-state index < -0.39 is 11.7 Å². The van der Waals surface area contributed by atoms with Crippen LogP contribution < -0.4 is 5.32 Å². The van der Waals surface area contributed by atoms with Crippen molar-refractivity contribution in [2.75, 3.05) is 5.32 Å². The number of rotatable bonds is 6. The third kappa shape index (κ3) is 5.74. The molecule has 0 saturated carbocycles. The first kappa shape index (κ1) is 20.7. The fourth-order valence-electron chi connectivity index (χ4n) is 2.63. The van der Waals surface area contributed by atoms with Crippen LogP contribution in [0.25, 0.3) is 0 Å². The quantitative estimate of drug-likeness (QED) is 0.347. The van der Waals surface area contributed by atoms with E-state index in [1.807, 2.05) is 30.3 Å². The zero-order valence-corrected chi connectivity index (χ0v) is 16.3. The maximum atomic E-state index is 12.7. The number of hydrogen-bond acceptors (Lipinski definition) is 3. The van der Waals surface area contributed by atoms with Crippen molar-refractivity contribution in [3.63, 3.8) is 0 Å². The van der Waals surface area contributed by atoms with Gasteiger partial charge in [0.25, 0.3) is 0 Å². The molecule has 3 rings (SSSR count). The van der Waals surface area contributed by atoms with E-state index in [0.717, 1.165) is 22.7 Å². The van der Waals surface area contributed by atoms with Crippen molar-refractivity contribution in [3.05, 3.63) is 102 Å². The monoisotopic (exact) mass is 413 g/mol. The van der Waals surface area contributed by atoms with E-state index in [1.165, 1.54) is 30.0 Å². The minimum atomic E-state index is -4.35. The van der Waals surface area contributed by atoms with Gasteiger partial charge in [-0.15, -0.1) is 0 Å². The van der Waals surface area contributed by atoms with Gasteiger partial charge < -0.3 is 5.32 Å². The second-order valence-electron chi connectivity index (χ2n) is 6.30. The minimum Gasteiger partial charge on any atom is -0.358 e. The number of ketones is 1. The Morgan fingerprint density at radius 2 is 1.52 bits per heavy atom. The SMILES string of the molecule is C/C(=C/C(=O)c1ccccc1)Nc1ccccc1Sc1ccc(C(F)(F)F)cc1. The molecule has 3 aromatic carbocycles. The van der Waals surface area contributed by atoms with Crippen LogP contribution in [0.3, 0.4) is 0 Å². The molecule has 0 spiro atoms. The second kappa shape index (κ2) is 9.01. The number of para-hydroxylation sites is 1. The van der Waals surface area contributed by atoms with Crippen LogP contribution in [0.4, 0.5) is 18.9 Å². The van der Waals surface area contributed by atoms with Crippen LogP contribution in [0.2, 0.25) is 0 Å². The number of hydrogen-bond donors (Lipinski definition) is 1. The maximum absolute atomic E-state index is 12.7. The predicted octanol–water partition coefficient (Wildman–Crippen LogP) is 7.06. The van der Waals surface area contributed by atoms with Crippen LogP contribution >= 0.6 is 11.8 Å². The van der Waals surface area contributed by atoms with Crippen molar-refractivity contribution in [2.45, 2.75) is 22.9 Å². The molecule has 0 radical (unpaired) electrons. The second-order valence-corrected chi connectivity index (χ2v) is 7.42. The lowest BCUT2D eigenvalue weighted by molar-refractivity contribution is -0.137. The molecule has 2 nitrogen and oxygen atoms in total. The molecule has 0 unspecified atom stereocenters. The fraction of sp³-hybridized carbons (Fsp3) is 0.0870.